The number of halogens is 1. The Labute approximate surface area is 162 Å². The van der Waals surface area contributed by atoms with Crippen LogP contribution < -0.4 is 10.6 Å². The summed E-state index contributed by atoms with van der Waals surface area (Å²) in [6.45, 7) is 2.95. The Morgan fingerprint density at radius 1 is 1.25 bits per heavy atom. The third-order valence-electron chi connectivity index (χ3n) is 5.83. The Balaban J connectivity index is 1.51. The van der Waals surface area contributed by atoms with Crippen LogP contribution in [0.2, 0.25) is 0 Å². The van der Waals surface area contributed by atoms with Crippen LogP contribution in [0.4, 0.5) is 10.1 Å². The maximum Gasteiger partial charge on any atom is 0.221 e. The number of alkyl halides is 1. The smallest absolute Gasteiger partial charge is 0.221 e. The molecule has 1 amide bonds. The average Bonchev–Trinajstić information content (AvgIpc) is 3.07. The highest BCUT2D eigenvalue weighted by molar-refractivity contribution is 5.92. The van der Waals surface area contributed by atoms with Crippen molar-refractivity contribution in [2.45, 2.75) is 19.0 Å². The predicted molar refractivity (Wildman–Crippen MR) is 103 cm³/mol. The number of rotatable bonds is 4. The summed E-state index contributed by atoms with van der Waals surface area (Å²) in [6, 6.07) is 5.68. The predicted octanol–water partition coefficient (Wildman–Crippen LogP) is 1.47. The topological polar surface area (TPSA) is 99.1 Å². The monoisotopic (exact) mass is 382 g/mol. The van der Waals surface area contributed by atoms with Crippen molar-refractivity contribution in [3.63, 3.8) is 0 Å². The van der Waals surface area contributed by atoms with E-state index in [0.29, 0.717) is 36.2 Å². The van der Waals surface area contributed by atoms with Gasteiger partial charge < -0.3 is 15.5 Å². The zero-order valence-electron chi connectivity index (χ0n) is 15.6. The van der Waals surface area contributed by atoms with E-state index in [1.54, 1.807) is 18.5 Å². The maximum atomic E-state index is 14.8. The molecule has 3 atom stereocenters. The fourth-order valence-electron chi connectivity index (χ4n) is 4.37. The molecule has 0 saturated carbocycles. The van der Waals surface area contributed by atoms with E-state index >= 15 is 0 Å². The molecule has 0 radical (unpaired) electrons. The maximum absolute atomic E-state index is 14.8. The number of carbonyl (C=O) groups excluding carboxylic acids is 1. The number of hydrogen-bond acceptors (Lipinski definition) is 6. The summed E-state index contributed by atoms with van der Waals surface area (Å²) in [5.41, 5.74) is 7.89. The zero-order valence-corrected chi connectivity index (χ0v) is 15.6. The minimum atomic E-state index is -0.962. The van der Waals surface area contributed by atoms with Crippen molar-refractivity contribution < 1.29 is 9.18 Å². The molecule has 1 aromatic carbocycles. The standard InChI is InChI=1S/C20H23FN6O/c21-16-12-27(11-15(16)10-26-7-1-2-14(9-26)20(23)28)17-4-3-13(8-22)18-19(17)25-6-5-24-18/h3-6,14-16H,1-2,7,9-12H2,(H2,23,28)/t14?,15-,16?/m0/s1. The lowest BCUT2D eigenvalue weighted by molar-refractivity contribution is -0.123. The lowest BCUT2D eigenvalue weighted by atomic mass is 9.96. The number of nitrogens with two attached hydrogens (primary N) is 1. The van der Waals surface area contributed by atoms with Crippen LogP contribution in [0.25, 0.3) is 11.0 Å². The third-order valence-corrected chi connectivity index (χ3v) is 5.83. The van der Waals surface area contributed by atoms with E-state index in [2.05, 4.69) is 20.9 Å². The number of carbonyl (C=O) groups is 1. The molecule has 4 rings (SSSR count). The van der Waals surface area contributed by atoms with Crippen LogP contribution in [0.5, 0.6) is 0 Å². The summed E-state index contributed by atoms with van der Waals surface area (Å²) in [6.07, 6.45) is 3.92. The highest BCUT2D eigenvalue weighted by Crippen LogP contribution is 2.32. The van der Waals surface area contributed by atoms with Gasteiger partial charge >= 0.3 is 0 Å². The minimum Gasteiger partial charge on any atom is -0.369 e. The van der Waals surface area contributed by atoms with Gasteiger partial charge in [0.15, 0.2) is 0 Å². The molecule has 3 heterocycles. The van der Waals surface area contributed by atoms with Gasteiger partial charge in [-0.1, -0.05) is 0 Å². The molecule has 0 spiro atoms. The van der Waals surface area contributed by atoms with Crippen molar-refractivity contribution in [3.05, 3.63) is 30.1 Å². The van der Waals surface area contributed by atoms with Gasteiger partial charge in [0, 0.05) is 44.5 Å². The first kappa shape index (κ1) is 18.6. The largest absolute Gasteiger partial charge is 0.369 e. The Bertz CT molecular complexity index is 929. The molecule has 2 unspecified atom stereocenters. The number of amides is 1. The Hall–Kier alpha value is -2.79. The van der Waals surface area contributed by atoms with Crippen LogP contribution in [0.1, 0.15) is 18.4 Å². The Kier molecular flexibility index (Phi) is 5.09. The molecule has 146 valence electrons. The second kappa shape index (κ2) is 7.68. The van der Waals surface area contributed by atoms with Crippen LogP contribution in [0.3, 0.4) is 0 Å². The summed E-state index contributed by atoms with van der Waals surface area (Å²) in [4.78, 5) is 24.3. The van der Waals surface area contributed by atoms with Gasteiger partial charge in [-0.25, -0.2) is 4.39 Å². The summed E-state index contributed by atoms with van der Waals surface area (Å²) in [7, 11) is 0. The molecule has 0 bridgehead atoms. The second-order valence-corrected chi connectivity index (χ2v) is 7.68. The Morgan fingerprint density at radius 2 is 2.04 bits per heavy atom. The highest BCUT2D eigenvalue weighted by Gasteiger charge is 2.36. The van der Waals surface area contributed by atoms with Crippen molar-refractivity contribution in [1.29, 1.82) is 5.26 Å². The fourth-order valence-corrected chi connectivity index (χ4v) is 4.37. The number of likely N-dealkylation sites (tertiary alicyclic amines) is 1. The summed E-state index contributed by atoms with van der Waals surface area (Å²) < 4.78 is 14.8. The number of primary amides is 1. The molecule has 0 aliphatic carbocycles. The van der Waals surface area contributed by atoms with Crippen molar-refractivity contribution >= 4 is 22.6 Å². The number of hydrogen-bond donors (Lipinski definition) is 1. The number of fused-ring (bicyclic) bond motifs is 1. The van der Waals surface area contributed by atoms with Crippen LogP contribution in [-0.2, 0) is 4.79 Å². The van der Waals surface area contributed by atoms with Gasteiger partial charge in [0.05, 0.1) is 17.2 Å². The van der Waals surface area contributed by atoms with E-state index in [1.165, 1.54) is 0 Å². The number of aromatic nitrogens is 2. The van der Waals surface area contributed by atoms with E-state index < -0.39 is 6.17 Å². The summed E-state index contributed by atoms with van der Waals surface area (Å²) in [5.74, 6) is -0.548. The first-order valence-corrected chi connectivity index (χ1v) is 9.61. The second-order valence-electron chi connectivity index (χ2n) is 7.68. The fraction of sp³-hybridized carbons (Fsp3) is 0.500. The third kappa shape index (κ3) is 3.50. The van der Waals surface area contributed by atoms with Gasteiger partial charge in [0.25, 0.3) is 0 Å². The minimum absolute atomic E-state index is 0.137. The number of nitrogens with zero attached hydrogens (tertiary/aromatic N) is 5. The van der Waals surface area contributed by atoms with Gasteiger partial charge in [-0.05, 0) is 31.5 Å². The van der Waals surface area contributed by atoms with Crippen LogP contribution in [-0.4, -0.2) is 59.7 Å². The van der Waals surface area contributed by atoms with Crippen molar-refractivity contribution in [2.75, 3.05) is 37.6 Å². The molecular formula is C20H23FN6O. The van der Waals surface area contributed by atoms with Crippen molar-refractivity contribution in [3.8, 4) is 6.07 Å². The van der Waals surface area contributed by atoms with E-state index in [0.717, 1.165) is 25.1 Å². The number of nitriles is 1. The van der Waals surface area contributed by atoms with Crippen LogP contribution in [0.15, 0.2) is 24.5 Å². The average molecular weight is 382 g/mol. The molecule has 2 saturated heterocycles. The molecule has 2 N–H and O–H groups in total. The molecular weight excluding hydrogens is 359 g/mol. The van der Waals surface area contributed by atoms with Gasteiger partial charge in [0.1, 0.15) is 23.3 Å². The van der Waals surface area contributed by atoms with E-state index in [1.807, 2.05) is 11.0 Å². The number of benzene rings is 1. The Morgan fingerprint density at radius 3 is 2.79 bits per heavy atom. The van der Waals surface area contributed by atoms with Gasteiger partial charge in [0.2, 0.25) is 5.91 Å². The molecule has 7 nitrogen and oxygen atoms in total. The molecule has 28 heavy (non-hydrogen) atoms. The van der Waals surface area contributed by atoms with E-state index in [9.17, 15) is 14.4 Å². The molecule has 8 heteroatoms. The molecule has 1 aromatic heterocycles. The lowest BCUT2D eigenvalue weighted by Gasteiger charge is -2.33. The number of anilines is 1. The van der Waals surface area contributed by atoms with E-state index in [-0.39, 0.29) is 24.3 Å². The van der Waals surface area contributed by atoms with Gasteiger partial charge in [-0.2, -0.15) is 5.26 Å². The normalized spacial score (nSPS) is 25.7. The van der Waals surface area contributed by atoms with Gasteiger partial charge in [-0.15, -0.1) is 0 Å². The number of piperidine rings is 1. The van der Waals surface area contributed by atoms with Crippen LogP contribution >= 0.6 is 0 Å². The van der Waals surface area contributed by atoms with Crippen LogP contribution in [0, 0.1) is 23.2 Å². The van der Waals surface area contributed by atoms with Crippen molar-refractivity contribution in [1.82, 2.24) is 14.9 Å². The van der Waals surface area contributed by atoms with Gasteiger partial charge in [-0.3, -0.25) is 14.8 Å². The SMILES string of the molecule is N#Cc1ccc(N2CC(F)[C@@H](CN3CCCC(C(N)=O)C3)C2)c2nccnc12. The highest BCUT2D eigenvalue weighted by atomic mass is 19.1. The summed E-state index contributed by atoms with van der Waals surface area (Å²) in [5, 5.41) is 9.29. The zero-order chi connectivity index (χ0) is 19.7. The molecule has 2 aliphatic heterocycles. The molecule has 2 aliphatic rings. The first-order valence-electron chi connectivity index (χ1n) is 9.61. The first-order chi connectivity index (χ1) is 13.6. The summed E-state index contributed by atoms with van der Waals surface area (Å²) >= 11 is 0. The van der Waals surface area contributed by atoms with Crippen molar-refractivity contribution in [2.24, 2.45) is 17.6 Å². The molecule has 2 aromatic rings. The molecule has 2 fully saturated rings. The van der Waals surface area contributed by atoms with E-state index in [4.69, 9.17) is 5.73 Å². The quantitative estimate of drug-likeness (QED) is 0.860. The lowest BCUT2D eigenvalue weighted by Crippen LogP contribution is -2.44.